The molecule has 2 rings (SSSR count). The normalized spacial score (nSPS) is 5.71. The van der Waals surface area contributed by atoms with Crippen LogP contribution in [0.5, 0.6) is 0 Å². The minimum atomic E-state index is 0. The van der Waals surface area contributed by atoms with E-state index in [1.54, 1.807) is 0 Å². The number of hydrogen-bond acceptors (Lipinski definition) is 0. The van der Waals surface area contributed by atoms with Crippen LogP contribution in [0.1, 0.15) is 0 Å². The number of nitrogens with one attached hydrogen (secondary N) is 2. The van der Waals surface area contributed by atoms with Crippen LogP contribution in [0.2, 0.25) is 0 Å². The van der Waals surface area contributed by atoms with Crippen molar-refractivity contribution in [1.82, 2.24) is 9.97 Å². The zero-order valence-electron chi connectivity index (χ0n) is 8.82. The van der Waals surface area contributed by atoms with Gasteiger partial charge < -0.3 is 32.2 Å². The summed E-state index contributed by atoms with van der Waals surface area (Å²) in [6, 6.07) is 7.42. The molecule has 0 saturated carbocycles. The van der Waals surface area contributed by atoms with E-state index in [0.29, 0.717) is 0 Å². The van der Waals surface area contributed by atoms with Crippen molar-refractivity contribution in [2.24, 2.45) is 0 Å². The zero-order chi connectivity index (χ0) is 7.07. The van der Waals surface area contributed by atoms with Crippen molar-refractivity contribution in [3.63, 3.8) is 0 Å². The molecule has 0 aliphatic heterocycles. The van der Waals surface area contributed by atoms with E-state index in [9.17, 15) is 0 Å². The van der Waals surface area contributed by atoms with E-state index in [0.717, 1.165) is 0 Å². The second-order valence-electron chi connectivity index (χ2n) is 1.63. The molecule has 0 amide bonds. The van der Waals surface area contributed by atoms with E-state index in [-0.39, 0.29) is 41.8 Å². The largest absolute Gasteiger partial charge is 5.00 e. The van der Waals surface area contributed by atoms with Gasteiger partial charge in [-0.15, -0.1) is 12.4 Å². The number of rotatable bonds is 0. The van der Waals surface area contributed by atoms with Gasteiger partial charge in [-0.2, -0.15) is 36.7 Å². The van der Waals surface area contributed by atoms with E-state index in [2.05, 4.69) is 22.4 Å². The first-order chi connectivity index (χ1) is 5.00. The van der Waals surface area contributed by atoms with Crippen LogP contribution >= 0.6 is 0 Å². The SMILES string of the molecule is [CH3-].[CH3-].[CH3-].[Ru+5].[c-]1ccc[nH]1.[c-]1ccc[nH]1. The van der Waals surface area contributed by atoms with E-state index < -0.39 is 0 Å². The minimum absolute atomic E-state index is 0. The van der Waals surface area contributed by atoms with Crippen LogP contribution in [0.25, 0.3) is 0 Å². The van der Waals surface area contributed by atoms with E-state index in [1.807, 2.05) is 36.7 Å². The quantitative estimate of drug-likeness (QED) is 0.548. The fraction of sp³-hybridized carbons (Fsp3) is 0. The molecule has 0 bridgehead atoms. The molecule has 0 aliphatic rings. The summed E-state index contributed by atoms with van der Waals surface area (Å²) < 4.78 is 0. The van der Waals surface area contributed by atoms with Crippen LogP contribution in [0.3, 0.4) is 0 Å². The third-order valence-corrected chi connectivity index (χ3v) is 0.885. The van der Waals surface area contributed by atoms with Crippen LogP contribution in [0.15, 0.2) is 36.7 Å². The van der Waals surface area contributed by atoms with Crippen LogP contribution in [-0.2, 0) is 19.5 Å². The second-order valence-corrected chi connectivity index (χ2v) is 1.63. The van der Waals surface area contributed by atoms with Gasteiger partial charge >= 0.3 is 19.5 Å². The molecule has 2 aromatic rings. The summed E-state index contributed by atoms with van der Waals surface area (Å²) in [7, 11) is 0. The van der Waals surface area contributed by atoms with Gasteiger partial charge in [-0.1, -0.05) is 0 Å². The number of aromatic nitrogens is 2. The summed E-state index contributed by atoms with van der Waals surface area (Å²) >= 11 is 0. The summed E-state index contributed by atoms with van der Waals surface area (Å²) in [4.78, 5) is 5.47. The molecule has 0 atom stereocenters. The number of aromatic amines is 2. The molecular weight excluding hydrogens is 261 g/mol. The molecule has 2 heterocycles. The van der Waals surface area contributed by atoms with Crippen LogP contribution < -0.4 is 0 Å². The summed E-state index contributed by atoms with van der Waals surface area (Å²) in [5, 5.41) is 0. The summed E-state index contributed by atoms with van der Waals surface area (Å²) in [5.41, 5.74) is 0. The van der Waals surface area contributed by atoms with Crippen LogP contribution in [-0.4, -0.2) is 9.97 Å². The molecule has 0 unspecified atom stereocenters. The number of H-pyrrole nitrogens is 2. The van der Waals surface area contributed by atoms with Crippen molar-refractivity contribution in [3.05, 3.63) is 71.3 Å². The maximum atomic E-state index is 2.74. The Bertz CT molecular complexity index is 153. The van der Waals surface area contributed by atoms with Crippen molar-refractivity contribution in [1.29, 1.82) is 0 Å². The molecule has 3 heteroatoms. The number of hydrogen-bond donors (Lipinski definition) is 2. The first-order valence-corrected chi connectivity index (χ1v) is 2.99. The molecular formula is C11H17N2Ru. The van der Waals surface area contributed by atoms with Crippen molar-refractivity contribution < 1.29 is 19.5 Å². The van der Waals surface area contributed by atoms with Crippen molar-refractivity contribution in [2.45, 2.75) is 0 Å². The average molecular weight is 278 g/mol. The van der Waals surface area contributed by atoms with Crippen molar-refractivity contribution in [2.75, 3.05) is 0 Å². The maximum absolute atomic E-state index is 2.74. The molecule has 2 N–H and O–H groups in total. The van der Waals surface area contributed by atoms with Gasteiger partial charge in [0.15, 0.2) is 0 Å². The minimum Gasteiger partial charge on any atom is -0.484 e. The Morgan fingerprint density at radius 3 is 1.14 bits per heavy atom. The Hall–Kier alpha value is -0.817. The fourth-order valence-corrected chi connectivity index (χ4v) is 0.481. The van der Waals surface area contributed by atoms with Crippen molar-refractivity contribution >= 4 is 0 Å². The standard InChI is InChI=1S/2C4H4N.3CH3.Ru/c2*1-2-4-5-3-1;;;;/h2*1-3,5H;3*1H3;/q5*-1;+5. The smallest absolute Gasteiger partial charge is 0.484 e. The predicted molar refractivity (Wildman–Crippen MR) is 58.5 cm³/mol. The molecule has 0 spiro atoms. The first kappa shape index (κ1) is 23.2. The Balaban J connectivity index is -0.0000000556. The summed E-state index contributed by atoms with van der Waals surface area (Å²) in [6.07, 6.45) is 9.11. The Labute approximate surface area is 101 Å². The van der Waals surface area contributed by atoms with Gasteiger partial charge in [0.05, 0.1) is 0 Å². The zero-order valence-corrected chi connectivity index (χ0v) is 10.6. The topological polar surface area (TPSA) is 31.6 Å². The van der Waals surface area contributed by atoms with Crippen LogP contribution in [0.4, 0.5) is 0 Å². The van der Waals surface area contributed by atoms with Gasteiger partial charge in [0.1, 0.15) is 0 Å². The maximum Gasteiger partial charge on any atom is 5.00 e. The molecule has 0 aliphatic carbocycles. The molecule has 0 fully saturated rings. The van der Waals surface area contributed by atoms with E-state index in [1.165, 1.54) is 0 Å². The van der Waals surface area contributed by atoms with Gasteiger partial charge in [0, 0.05) is 0 Å². The Kier molecular flexibility index (Phi) is 29.9. The predicted octanol–water partition coefficient (Wildman–Crippen LogP) is 2.98. The third-order valence-electron chi connectivity index (χ3n) is 0.885. The van der Waals surface area contributed by atoms with E-state index in [4.69, 9.17) is 0 Å². The molecule has 79 valence electrons. The molecule has 2 nitrogen and oxygen atoms in total. The molecule has 1 radical (unpaired) electrons. The first-order valence-electron chi connectivity index (χ1n) is 2.99. The third kappa shape index (κ3) is 13.8. The molecule has 14 heavy (non-hydrogen) atoms. The van der Waals surface area contributed by atoms with E-state index >= 15 is 0 Å². The van der Waals surface area contributed by atoms with Gasteiger partial charge in [-0.05, 0) is 0 Å². The molecule has 0 aromatic carbocycles. The molecule has 2 aromatic heterocycles. The average Bonchev–Trinajstić information content (AvgIpc) is 2.67. The fourth-order valence-electron chi connectivity index (χ4n) is 0.481. The van der Waals surface area contributed by atoms with Crippen molar-refractivity contribution in [3.8, 4) is 0 Å². The van der Waals surface area contributed by atoms with Gasteiger partial charge in [0.2, 0.25) is 0 Å². The van der Waals surface area contributed by atoms with Gasteiger partial charge in [0.25, 0.3) is 0 Å². The summed E-state index contributed by atoms with van der Waals surface area (Å²) in [5.74, 6) is 0. The summed E-state index contributed by atoms with van der Waals surface area (Å²) in [6.45, 7) is 0. The monoisotopic (exact) mass is 279 g/mol. The molecule has 0 saturated heterocycles. The Morgan fingerprint density at radius 2 is 1.07 bits per heavy atom. The van der Waals surface area contributed by atoms with Gasteiger partial charge in [-0.3, -0.25) is 0 Å². The van der Waals surface area contributed by atoms with Gasteiger partial charge in [-0.25, -0.2) is 0 Å². The Morgan fingerprint density at radius 1 is 0.714 bits per heavy atom. The second kappa shape index (κ2) is 18.1. The van der Waals surface area contributed by atoms with Crippen LogP contribution in [0, 0.1) is 34.7 Å².